The fourth-order valence-electron chi connectivity index (χ4n) is 2.47. The highest BCUT2D eigenvalue weighted by molar-refractivity contribution is 7.16. The number of hydrogen-bond acceptors (Lipinski definition) is 5. The molecule has 0 aliphatic rings. The number of nitrogens with one attached hydrogen (secondary N) is 1. The molecule has 2 aromatic rings. The van der Waals surface area contributed by atoms with Crippen molar-refractivity contribution in [1.82, 2.24) is 0 Å². The number of rotatable bonds is 7. The number of carbonyl (C=O) groups is 1. The van der Waals surface area contributed by atoms with E-state index in [1.54, 1.807) is 11.3 Å². The molecule has 0 fully saturated rings. The summed E-state index contributed by atoms with van der Waals surface area (Å²) in [6, 6.07) is 10.4. The zero-order chi connectivity index (χ0) is 16.8. The standard InChI is InChI=1S/C18H23NO3S/c1-5-22-16(18(20)21-4)10-13-6-8-14(9-7-13)15-11-17(19-3)23-12(15)2/h6-9,11,16,19H,5,10H2,1-4H3/t16-/m0/s1. The molecule has 0 unspecified atom stereocenters. The van der Waals surface area contributed by atoms with Crippen molar-refractivity contribution in [2.24, 2.45) is 0 Å². The van der Waals surface area contributed by atoms with E-state index < -0.39 is 6.10 Å². The van der Waals surface area contributed by atoms with Crippen molar-refractivity contribution in [3.05, 3.63) is 40.8 Å². The Morgan fingerprint density at radius 1 is 1.30 bits per heavy atom. The van der Waals surface area contributed by atoms with E-state index in [0.717, 1.165) is 10.6 Å². The van der Waals surface area contributed by atoms with Crippen LogP contribution in [0, 0.1) is 6.92 Å². The molecule has 0 saturated carbocycles. The Morgan fingerprint density at radius 3 is 2.52 bits per heavy atom. The first kappa shape index (κ1) is 17.5. The molecule has 0 aliphatic heterocycles. The molecule has 1 atom stereocenters. The van der Waals surface area contributed by atoms with Gasteiger partial charge in [-0.3, -0.25) is 0 Å². The second kappa shape index (κ2) is 8.13. The molecule has 0 amide bonds. The third-order valence-corrected chi connectivity index (χ3v) is 4.75. The number of methoxy groups -OCH3 is 1. The summed E-state index contributed by atoms with van der Waals surface area (Å²) in [6.07, 6.45) is -0.0276. The number of hydrogen-bond donors (Lipinski definition) is 1. The van der Waals surface area contributed by atoms with Gasteiger partial charge < -0.3 is 14.8 Å². The van der Waals surface area contributed by atoms with Crippen molar-refractivity contribution in [2.75, 3.05) is 26.1 Å². The minimum absolute atomic E-state index is 0.330. The van der Waals surface area contributed by atoms with Crippen LogP contribution in [0.15, 0.2) is 30.3 Å². The van der Waals surface area contributed by atoms with Crippen molar-refractivity contribution in [2.45, 2.75) is 26.4 Å². The molecule has 0 aliphatic carbocycles. The maximum absolute atomic E-state index is 11.7. The Hall–Kier alpha value is -1.85. The van der Waals surface area contributed by atoms with E-state index in [2.05, 4.69) is 30.4 Å². The number of carbonyl (C=O) groups excluding carboxylic acids is 1. The van der Waals surface area contributed by atoms with Crippen LogP contribution in [-0.2, 0) is 20.7 Å². The van der Waals surface area contributed by atoms with E-state index in [4.69, 9.17) is 9.47 Å². The lowest BCUT2D eigenvalue weighted by Gasteiger charge is -2.14. The number of anilines is 1. The van der Waals surface area contributed by atoms with Crippen LogP contribution in [0.4, 0.5) is 5.00 Å². The van der Waals surface area contributed by atoms with Gasteiger partial charge in [-0.15, -0.1) is 11.3 Å². The quantitative estimate of drug-likeness (QED) is 0.781. The predicted molar refractivity (Wildman–Crippen MR) is 95.2 cm³/mol. The van der Waals surface area contributed by atoms with Crippen molar-refractivity contribution in [1.29, 1.82) is 0 Å². The Kier molecular flexibility index (Phi) is 6.19. The maximum Gasteiger partial charge on any atom is 0.335 e. The largest absolute Gasteiger partial charge is 0.467 e. The fourth-order valence-corrected chi connectivity index (χ4v) is 3.36. The summed E-state index contributed by atoms with van der Waals surface area (Å²) in [7, 11) is 3.31. The number of benzene rings is 1. The van der Waals surface area contributed by atoms with Gasteiger partial charge in [0.25, 0.3) is 0 Å². The molecule has 1 aromatic heterocycles. The zero-order valence-corrected chi connectivity index (χ0v) is 14.8. The van der Waals surface area contributed by atoms with Gasteiger partial charge in [-0.25, -0.2) is 4.79 Å². The molecule has 0 spiro atoms. The number of ether oxygens (including phenoxy) is 2. The molecule has 4 nitrogen and oxygen atoms in total. The van der Waals surface area contributed by atoms with Crippen molar-refractivity contribution >= 4 is 22.3 Å². The van der Waals surface area contributed by atoms with Gasteiger partial charge in [0.05, 0.1) is 12.1 Å². The number of esters is 1. The van der Waals surface area contributed by atoms with Crippen molar-refractivity contribution in [3.63, 3.8) is 0 Å². The summed E-state index contributed by atoms with van der Waals surface area (Å²) in [6.45, 7) is 4.48. The first-order valence-corrected chi connectivity index (χ1v) is 8.47. The molecule has 23 heavy (non-hydrogen) atoms. The average molecular weight is 333 g/mol. The van der Waals surface area contributed by atoms with E-state index in [1.807, 2.05) is 26.1 Å². The van der Waals surface area contributed by atoms with E-state index in [1.165, 1.54) is 23.1 Å². The highest BCUT2D eigenvalue weighted by Gasteiger charge is 2.19. The van der Waals surface area contributed by atoms with Crippen LogP contribution in [0.3, 0.4) is 0 Å². The first-order chi connectivity index (χ1) is 11.1. The predicted octanol–water partition coefficient (Wildman–Crippen LogP) is 3.89. The lowest BCUT2D eigenvalue weighted by molar-refractivity contribution is -0.153. The summed E-state index contributed by atoms with van der Waals surface area (Å²) in [5.74, 6) is -0.330. The normalized spacial score (nSPS) is 12.0. The minimum Gasteiger partial charge on any atom is -0.467 e. The van der Waals surface area contributed by atoms with Gasteiger partial charge in [-0.05, 0) is 36.6 Å². The Labute approximate surface area is 141 Å². The topological polar surface area (TPSA) is 47.6 Å². The van der Waals surface area contributed by atoms with Crippen molar-refractivity contribution < 1.29 is 14.3 Å². The monoisotopic (exact) mass is 333 g/mol. The van der Waals surface area contributed by atoms with Gasteiger partial charge in [0.2, 0.25) is 0 Å². The highest BCUT2D eigenvalue weighted by Crippen LogP contribution is 2.34. The summed E-state index contributed by atoms with van der Waals surface area (Å²) in [5.41, 5.74) is 3.47. The molecule has 0 bridgehead atoms. The van der Waals surface area contributed by atoms with Gasteiger partial charge in [0.1, 0.15) is 0 Å². The fraction of sp³-hybridized carbons (Fsp3) is 0.389. The van der Waals surface area contributed by atoms with E-state index in [-0.39, 0.29) is 5.97 Å². The molecular formula is C18H23NO3S. The van der Waals surface area contributed by atoms with E-state index >= 15 is 0 Å². The van der Waals surface area contributed by atoms with E-state index in [0.29, 0.717) is 13.0 Å². The summed E-state index contributed by atoms with van der Waals surface area (Å²) in [4.78, 5) is 13.0. The Morgan fingerprint density at radius 2 is 2.00 bits per heavy atom. The van der Waals surface area contributed by atoms with Gasteiger partial charge in [0, 0.05) is 25.0 Å². The summed E-state index contributed by atoms with van der Waals surface area (Å²) >= 11 is 1.75. The van der Waals surface area contributed by atoms with Crippen LogP contribution in [0.25, 0.3) is 11.1 Å². The molecule has 1 N–H and O–H groups in total. The average Bonchev–Trinajstić information content (AvgIpc) is 2.95. The molecule has 124 valence electrons. The lowest BCUT2D eigenvalue weighted by Crippen LogP contribution is -2.28. The minimum atomic E-state index is -0.547. The van der Waals surface area contributed by atoms with Crippen LogP contribution in [0.1, 0.15) is 17.4 Å². The van der Waals surface area contributed by atoms with E-state index in [9.17, 15) is 4.79 Å². The molecule has 1 heterocycles. The van der Waals surface area contributed by atoms with Gasteiger partial charge >= 0.3 is 5.97 Å². The number of aryl methyl sites for hydroxylation is 1. The van der Waals surface area contributed by atoms with Crippen LogP contribution >= 0.6 is 11.3 Å². The van der Waals surface area contributed by atoms with Crippen LogP contribution in [0.2, 0.25) is 0 Å². The van der Waals surface area contributed by atoms with Crippen LogP contribution in [-0.4, -0.2) is 32.8 Å². The summed E-state index contributed by atoms with van der Waals surface area (Å²) in [5, 5.41) is 4.34. The van der Waals surface area contributed by atoms with Gasteiger partial charge in [-0.1, -0.05) is 24.3 Å². The molecule has 0 radical (unpaired) electrons. The maximum atomic E-state index is 11.7. The number of thiophene rings is 1. The zero-order valence-electron chi connectivity index (χ0n) is 14.0. The summed E-state index contributed by atoms with van der Waals surface area (Å²) < 4.78 is 10.3. The van der Waals surface area contributed by atoms with Crippen molar-refractivity contribution in [3.8, 4) is 11.1 Å². The molecule has 1 aromatic carbocycles. The molecule has 2 rings (SSSR count). The second-order valence-electron chi connectivity index (χ2n) is 5.20. The van der Waals surface area contributed by atoms with Crippen LogP contribution < -0.4 is 5.32 Å². The first-order valence-electron chi connectivity index (χ1n) is 7.66. The highest BCUT2D eigenvalue weighted by atomic mass is 32.1. The smallest absolute Gasteiger partial charge is 0.335 e. The third kappa shape index (κ3) is 4.33. The van der Waals surface area contributed by atoms with Crippen LogP contribution in [0.5, 0.6) is 0 Å². The second-order valence-corrected chi connectivity index (χ2v) is 6.46. The van der Waals surface area contributed by atoms with Gasteiger partial charge in [-0.2, -0.15) is 0 Å². The molecular weight excluding hydrogens is 310 g/mol. The molecule has 5 heteroatoms. The Balaban J connectivity index is 2.15. The third-order valence-electron chi connectivity index (χ3n) is 3.68. The SMILES string of the molecule is CCO[C@@H](Cc1ccc(-c2cc(NC)sc2C)cc1)C(=O)OC. The lowest BCUT2D eigenvalue weighted by atomic mass is 10.0. The Bertz CT molecular complexity index is 649. The molecule has 0 saturated heterocycles. The van der Waals surface area contributed by atoms with Gasteiger partial charge in [0.15, 0.2) is 6.10 Å².